The number of benzene rings is 2. The Morgan fingerprint density at radius 1 is 0.933 bits per heavy atom. The van der Waals surface area contributed by atoms with Crippen LogP contribution >= 0.6 is 0 Å². The number of amides is 1. The lowest BCUT2D eigenvalue weighted by Gasteiger charge is -2.37. The zero-order valence-corrected chi connectivity index (χ0v) is 17.7. The van der Waals surface area contributed by atoms with Gasteiger partial charge in [-0.25, -0.2) is 0 Å². The molecule has 1 aliphatic heterocycles. The maximum absolute atomic E-state index is 12.7. The Hall–Kier alpha value is -3.22. The van der Waals surface area contributed by atoms with E-state index in [9.17, 15) is 9.59 Å². The van der Waals surface area contributed by atoms with Crippen molar-refractivity contribution in [3.05, 3.63) is 54.1 Å². The summed E-state index contributed by atoms with van der Waals surface area (Å²) in [4.78, 5) is 29.0. The second-order valence-corrected chi connectivity index (χ2v) is 7.15. The zero-order chi connectivity index (χ0) is 21.5. The van der Waals surface area contributed by atoms with Crippen molar-refractivity contribution in [1.82, 2.24) is 4.90 Å². The van der Waals surface area contributed by atoms with Gasteiger partial charge in [0.15, 0.2) is 17.6 Å². The number of rotatable bonds is 7. The van der Waals surface area contributed by atoms with Gasteiger partial charge in [-0.15, -0.1) is 0 Å². The monoisotopic (exact) mass is 412 g/mol. The number of para-hydroxylation sites is 1. The third-order valence-electron chi connectivity index (χ3n) is 5.17. The van der Waals surface area contributed by atoms with E-state index >= 15 is 0 Å². The number of carbonyl (C=O) groups excluding carboxylic acids is 2. The van der Waals surface area contributed by atoms with E-state index < -0.39 is 12.1 Å². The van der Waals surface area contributed by atoms with Crippen molar-refractivity contribution in [1.29, 1.82) is 0 Å². The molecule has 1 aliphatic rings. The maximum atomic E-state index is 12.7. The van der Waals surface area contributed by atoms with Gasteiger partial charge < -0.3 is 24.0 Å². The van der Waals surface area contributed by atoms with Crippen molar-refractivity contribution in [2.24, 2.45) is 0 Å². The minimum Gasteiger partial charge on any atom is -0.493 e. The van der Waals surface area contributed by atoms with E-state index in [0.717, 1.165) is 24.3 Å². The van der Waals surface area contributed by atoms with Gasteiger partial charge in [-0.05, 0) is 36.8 Å². The van der Waals surface area contributed by atoms with Crippen molar-refractivity contribution in [2.75, 3.05) is 45.3 Å². The van der Waals surface area contributed by atoms with Crippen molar-refractivity contribution in [2.45, 2.75) is 19.4 Å². The SMILES string of the molecule is COc1ccc(CC(=O)OC(C)C(=O)N2CCN(c3ccccc3)CC2)cc1OC. The minimum atomic E-state index is -0.819. The Morgan fingerprint density at radius 2 is 1.60 bits per heavy atom. The van der Waals surface area contributed by atoms with Crippen molar-refractivity contribution >= 4 is 17.6 Å². The first-order valence-electron chi connectivity index (χ1n) is 10.0. The molecule has 0 N–H and O–H groups in total. The Bertz CT molecular complexity index is 863. The molecule has 160 valence electrons. The number of esters is 1. The van der Waals surface area contributed by atoms with Crippen LogP contribution in [0.5, 0.6) is 11.5 Å². The molecule has 0 radical (unpaired) electrons. The summed E-state index contributed by atoms with van der Waals surface area (Å²) in [7, 11) is 3.09. The molecule has 1 saturated heterocycles. The van der Waals surface area contributed by atoms with E-state index in [2.05, 4.69) is 17.0 Å². The van der Waals surface area contributed by atoms with Crippen LogP contribution in [0, 0.1) is 0 Å². The largest absolute Gasteiger partial charge is 0.493 e. The van der Waals surface area contributed by atoms with Gasteiger partial charge >= 0.3 is 5.97 Å². The Balaban J connectivity index is 1.50. The highest BCUT2D eigenvalue weighted by Crippen LogP contribution is 2.27. The van der Waals surface area contributed by atoms with Gasteiger partial charge in [0, 0.05) is 31.9 Å². The summed E-state index contributed by atoms with van der Waals surface area (Å²) in [6.45, 7) is 4.33. The van der Waals surface area contributed by atoms with Crippen molar-refractivity contribution in [3.63, 3.8) is 0 Å². The molecule has 0 aliphatic carbocycles. The Labute approximate surface area is 177 Å². The van der Waals surface area contributed by atoms with E-state index in [4.69, 9.17) is 14.2 Å². The Morgan fingerprint density at radius 3 is 2.23 bits per heavy atom. The summed E-state index contributed by atoms with van der Waals surface area (Å²) in [5, 5.41) is 0. The van der Waals surface area contributed by atoms with Gasteiger partial charge in [0.2, 0.25) is 0 Å². The summed E-state index contributed by atoms with van der Waals surface area (Å²) in [5.74, 6) is 0.519. The number of ether oxygens (including phenoxy) is 3. The zero-order valence-electron chi connectivity index (χ0n) is 17.7. The average Bonchev–Trinajstić information content (AvgIpc) is 2.79. The lowest BCUT2D eigenvalue weighted by atomic mass is 10.1. The summed E-state index contributed by atoms with van der Waals surface area (Å²) < 4.78 is 15.9. The average molecular weight is 412 g/mol. The molecule has 2 aromatic rings. The highest BCUT2D eigenvalue weighted by molar-refractivity contribution is 5.84. The molecule has 1 atom stereocenters. The van der Waals surface area contributed by atoms with Crippen molar-refractivity contribution < 1.29 is 23.8 Å². The molecule has 0 saturated carbocycles. The van der Waals surface area contributed by atoms with E-state index in [-0.39, 0.29) is 12.3 Å². The summed E-state index contributed by atoms with van der Waals surface area (Å²) in [6, 6.07) is 15.4. The molecular formula is C23H28N2O5. The molecular weight excluding hydrogens is 384 g/mol. The molecule has 1 fully saturated rings. The number of hydrogen-bond acceptors (Lipinski definition) is 6. The quantitative estimate of drug-likeness (QED) is 0.651. The smallest absolute Gasteiger partial charge is 0.311 e. The van der Waals surface area contributed by atoms with E-state index in [1.807, 2.05) is 18.2 Å². The third kappa shape index (κ3) is 5.23. The highest BCUT2D eigenvalue weighted by Gasteiger charge is 2.27. The molecule has 7 heteroatoms. The van der Waals surface area contributed by atoms with Crippen LogP contribution in [0.4, 0.5) is 5.69 Å². The number of nitrogens with zero attached hydrogens (tertiary/aromatic N) is 2. The van der Waals surface area contributed by atoms with E-state index in [1.165, 1.54) is 7.11 Å². The van der Waals surface area contributed by atoms with E-state index in [0.29, 0.717) is 24.6 Å². The van der Waals surface area contributed by atoms with Crippen LogP contribution in [-0.4, -0.2) is 63.3 Å². The molecule has 0 spiro atoms. The fourth-order valence-electron chi connectivity index (χ4n) is 3.53. The number of piperazine rings is 1. The fourth-order valence-corrected chi connectivity index (χ4v) is 3.53. The molecule has 1 heterocycles. The van der Waals surface area contributed by atoms with Crippen molar-refractivity contribution in [3.8, 4) is 11.5 Å². The minimum absolute atomic E-state index is 0.0553. The molecule has 30 heavy (non-hydrogen) atoms. The first-order chi connectivity index (χ1) is 14.5. The predicted molar refractivity (Wildman–Crippen MR) is 114 cm³/mol. The van der Waals surface area contributed by atoms with Crippen LogP contribution in [-0.2, 0) is 20.7 Å². The van der Waals surface area contributed by atoms with Gasteiger partial charge in [-0.3, -0.25) is 9.59 Å². The lowest BCUT2D eigenvalue weighted by molar-refractivity contribution is -0.158. The number of hydrogen-bond donors (Lipinski definition) is 0. The van der Waals surface area contributed by atoms with Crippen LogP contribution in [0.15, 0.2) is 48.5 Å². The van der Waals surface area contributed by atoms with Crippen LogP contribution in [0.3, 0.4) is 0 Å². The second-order valence-electron chi connectivity index (χ2n) is 7.15. The molecule has 0 aromatic heterocycles. The first-order valence-corrected chi connectivity index (χ1v) is 10.0. The number of methoxy groups -OCH3 is 2. The van der Waals surface area contributed by atoms with Gasteiger partial charge in [0.05, 0.1) is 20.6 Å². The van der Waals surface area contributed by atoms with Crippen LogP contribution in [0.2, 0.25) is 0 Å². The van der Waals surface area contributed by atoms with Gasteiger partial charge in [-0.1, -0.05) is 24.3 Å². The molecule has 1 amide bonds. The topological polar surface area (TPSA) is 68.3 Å². The Kier molecular flexibility index (Phi) is 7.17. The van der Waals surface area contributed by atoms with Crippen LogP contribution in [0.25, 0.3) is 0 Å². The molecule has 3 rings (SSSR count). The fraction of sp³-hybridized carbons (Fsp3) is 0.391. The standard InChI is InChI=1S/C23H28N2O5/c1-17(30-22(26)16-18-9-10-20(28-2)21(15-18)29-3)23(27)25-13-11-24(12-14-25)19-7-5-4-6-8-19/h4-10,15,17H,11-14,16H2,1-3H3. The summed E-state index contributed by atoms with van der Waals surface area (Å²) in [5.41, 5.74) is 1.88. The van der Waals surface area contributed by atoms with Gasteiger partial charge in [-0.2, -0.15) is 0 Å². The van der Waals surface area contributed by atoms with Crippen LogP contribution < -0.4 is 14.4 Å². The lowest BCUT2D eigenvalue weighted by Crippen LogP contribution is -2.51. The van der Waals surface area contributed by atoms with E-state index in [1.54, 1.807) is 37.1 Å². The highest BCUT2D eigenvalue weighted by atomic mass is 16.5. The summed E-state index contributed by atoms with van der Waals surface area (Å²) >= 11 is 0. The normalized spacial score (nSPS) is 14.8. The molecule has 0 bridgehead atoms. The van der Waals surface area contributed by atoms with Gasteiger partial charge in [0.1, 0.15) is 0 Å². The van der Waals surface area contributed by atoms with Crippen LogP contribution in [0.1, 0.15) is 12.5 Å². The molecule has 7 nitrogen and oxygen atoms in total. The first kappa shape index (κ1) is 21.5. The maximum Gasteiger partial charge on any atom is 0.311 e. The predicted octanol–water partition coefficient (Wildman–Crippen LogP) is 2.53. The molecule has 2 aromatic carbocycles. The second kappa shape index (κ2) is 10.0. The number of carbonyl (C=O) groups is 2. The number of anilines is 1. The summed E-state index contributed by atoms with van der Waals surface area (Å²) in [6.07, 6.45) is -0.763. The third-order valence-corrected chi connectivity index (χ3v) is 5.17. The molecule has 1 unspecified atom stereocenters. The van der Waals surface area contributed by atoms with Gasteiger partial charge in [0.25, 0.3) is 5.91 Å².